The predicted molar refractivity (Wildman–Crippen MR) is 91.1 cm³/mol. The van der Waals surface area contributed by atoms with Crippen LogP contribution in [-0.2, 0) is 11.2 Å². The van der Waals surface area contributed by atoms with Crippen molar-refractivity contribution >= 4 is 17.5 Å². The summed E-state index contributed by atoms with van der Waals surface area (Å²) in [5.41, 5.74) is 0.724. The molecule has 0 radical (unpaired) electrons. The molecule has 1 saturated heterocycles. The van der Waals surface area contributed by atoms with Gasteiger partial charge in [-0.3, -0.25) is 9.89 Å². The SMILES string of the molecule is COc1cccc(Cl)c1CC(=O)N1CCCC[C@@H]1c1n[nH]c(C)n1. The first-order chi connectivity index (χ1) is 11.6. The van der Waals surface area contributed by atoms with E-state index in [-0.39, 0.29) is 18.4 Å². The van der Waals surface area contributed by atoms with Crippen molar-refractivity contribution in [3.63, 3.8) is 0 Å². The number of carbonyl (C=O) groups excluding carboxylic acids is 1. The fourth-order valence-electron chi connectivity index (χ4n) is 3.16. The lowest BCUT2D eigenvalue weighted by Crippen LogP contribution is -2.40. The van der Waals surface area contributed by atoms with Gasteiger partial charge in [0.1, 0.15) is 11.6 Å². The van der Waals surface area contributed by atoms with E-state index >= 15 is 0 Å². The molecular formula is C17H21ClN4O2. The summed E-state index contributed by atoms with van der Waals surface area (Å²) in [6, 6.07) is 5.33. The van der Waals surface area contributed by atoms with E-state index in [0.29, 0.717) is 23.1 Å². The quantitative estimate of drug-likeness (QED) is 0.921. The molecule has 1 atom stereocenters. The maximum absolute atomic E-state index is 12.9. The van der Waals surface area contributed by atoms with Crippen molar-refractivity contribution in [3.05, 3.63) is 40.4 Å². The number of aryl methyl sites for hydroxylation is 1. The number of halogens is 1. The molecule has 1 N–H and O–H groups in total. The number of nitrogens with one attached hydrogen (secondary N) is 1. The van der Waals surface area contributed by atoms with Crippen LogP contribution in [0.4, 0.5) is 0 Å². The zero-order valence-corrected chi connectivity index (χ0v) is 14.6. The Morgan fingerprint density at radius 3 is 3.00 bits per heavy atom. The molecule has 1 fully saturated rings. The first-order valence-corrected chi connectivity index (χ1v) is 8.47. The highest BCUT2D eigenvalue weighted by Crippen LogP contribution is 2.32. The Hall–Kier alpha value is -2.08. The Morgan fingerprint density at radius 2 is 2.29 bits per heavy atom. The third-order valence-corrected chi connectivity index (χ3v) is 4.71. The van der Waals surface area contributed by atoms with Gasteiger partial charge >= 0.3 is 0 Å². The molecule has 1 aromatic carbocycles. The zero-order valence-electron chi connectivity index (χ0n) is 13.9. The summed E-state index contributed by atoms with van der Waals surface area (Å²) in [5, 5.41) is 7.66. The van der Waals surface area contributed by atoms with Crippen LogP contribution in [0.1, 0.15) is 42.5 Å². The lowest BCUT2D eigenvalue weighted by atomic mass is 10.00. The number of piperidine rings is 1. The molecule has 1 amide bonds. The number of nitrogens with zero attached hydrogens (tertiary/aromatic N) is 3. The van der Waals surface area contributed by atoms with Crippen molar-refractivity contribution in [3.8, 4) is 5.75 Å². The number of aromatic amines is 1. The predicted octanol–water partition coefficient (Wildman–Crippen LogP) is 3.07. The number of aromatic nitrogens is 3. The third kappa shape index (κ3) is 3.38. The Bertz CT molecular complexity index is 731. The van der Waals surface area contributed by atoms with E-state index in [9.17, 15) is 4.79 Å². The average Bonchev–Trinajstić information content (AvgIpc) is 3.03. The Labute approximate surface area is 146 Å². The van der Waals surface area contributed by atoms with E-state index in [1.807, 2.05) is 24.0 Å². The topological polar surface area (TPSA) is 71.1 Å². The fraction of sp³-hybridized carbons (Fsp3) is 0.471. The molecule has 0 bridgehead atoms. The minimum atomic E-state index is -0.0790. The molecule has 0 aliphatic carbocycles. The van der Waals surface area contributed by atoms with E-state index in [1.165, 1.54) is 0 Å². The van der Waals surface area contributed by atoms with Gasteiger partial charge in [0.25, 0.3) is 0 Å². The van der Waals surface area contributed by atoms with Gasteiger partial charge in [0.05, 0.1) is 19.6 Å². The highest BCUT2D eigenvalue weighted by molar-refractivity contribution is 6.31. The van der Waals surface area contributed by atoms with E-state index in [4.69, 9.17) is 16.3 Å². The molecule has 3 rings (SSSR count). The second-order valence-electron chi connectivity index (χ2n) is 5.98. The number of hydrogen-bond acceptors (Lipinski definition) is 4. The highest BCUT2D eigenvalue weighted by Gasteiger charge is 2.31. The van der Waals surface area contributed by atoms with E-state index in [1.54, 1.807) is 13.2 Å². The Morgan fingerprint density at radius 1 is 1.46 bits per heavy atom. The molecule has 24 heavy (non-hydrogen) atoms. The normalized spacial score (nSPS) is 17.8. The number of H-pyrrole nitrogens is 1. The number of methoxy groups -OCH3 is 1. The third-order valence-electron chi connectivity index (χ3n) is 4.36. The van der Waals surface area contributed by atoms with Crippen LogP contribution in [0, 0.1) is 6.92 Å². The van der Waals surface area contributed by atoms with Gasteiger partial charge in [-0.25, -0.2) is 4.98 Å². The number of hydrogen-bond donors (Lipinski definition) is 1. The average molecular weight is 349 g/mol. The van der Waals surface area contributed by atoms with Crippen molar-refractivity contribution in [2.45, 2.75) is 38.6 Å². The zero-order chi connectivity index (χ0) is 17.1. The van der Waals surface area contributed by atoms with Gasteiger partial charge in [-0.1, -0.05) is 17.7 Å². The van der Waals surface area contributed by atoms with Crippen molar-refractivity contribution < 1.29 is 9.53 Å². The van der Waals surface area contributed by atoms with Crippen LogP contribution in [0.25, 0.3) is 0 Å². The number of benzene rings is 1. The molecule has 0 saturated carbocycles. The molecule has 2 heterocycles. The summed E-state index contributed by atoms with van der Waals surface area (Å²) in [7, 11) is 1.58. The first-order valence-electron chi connectivity index (χ1n) is 8.10. The monoisotopic (exact) mass is 348 g/mol. The number of ether oxygens (including phenoxy) is 1. The van der Waals surface area contributed by atoms with Crippen molar-refractivity contribution in [1.82, 2.24) is 20.1 Å². The molecule has 128 valence electrons. The maximum atomic E-state index is 12.9. The number of rotatable bonds is 4. The van der Waals surface area contributed by atoms with E-state index in [0.717, 1.165) is 30.7 Å². The molecule has 0 spiro atoms. The lowest BCUT2D eigenvalue weighted by Gasteiger charge is -2.34. The smallest absolute Gasteiger partial charge is 0.227 e. The van der Waals surface area contributed by atoms with Crippen molar-refractivity contribution in [2.24, 2.45) is 0 Å². The van der Waals surface area contributed by atoms with E-state index in [2.05, 4.69) is 15.2 Å². The molecule has 1 aliphatic rings. The van der Waals surface area contributed by atoms with Gasteiger partial charge in [0.2, 0.25) is 5.91 Å². The van der Waals surface area contributed by atoms with Gasteiger partial charge in [-0.15, -0.1) is 0 Å². The van der Waals surface area contributed by atoms with Gasteiger partial charge in [-0.05, 0) is 38.3 Å². The molecular weight excluding hydrogens is 328 g/mol. The van der Waals surface area contributed by atoms with Crippen LogP contribution >= 0.6 is 11.6 Å². The second-order valence-corrected chi connectivity index (χ2v) is 6.38. The Balaban J connectivity index is 1.83. The summed E-state index contributed by atoms with van der Waals surface area (Å²) in [5.74, 6) is 2.11. The molecule has 1 aliphatic heterocycles. The summed E-state index contributed by atoms with van der Waals surface area (Å²) in [6.45, 7) is 2.57. The van der Waals surface area contributed by atoms with Crippen molar-refractivity contribution in [2.75, 3.05) is 13.7 Å². The maximum Gasteiger partial charge on any atom is 0.227 e. The number of likely N-dealkylation sites (tertiary alicyclic amines) is 1. The minimum Gasteiger partial charge on any atom is -0.496 e. The highest BCUT2D eigenvalue weighted by atomic mass is 35.5. The second kappa shape index (κ2) is 7.21. The van der Waals surface area contributed by atoms with E-state index < -0.39 is 0 Å². The minimum absolute atomic E-state index is 0.0218. The van der Waals surface area contributed by atoms with Crippen LogP contribution in [0.2, 0.25) is 5.02 Å². The summed E-state index contributed by atoms with van der Waals surface area (Å²) in [6.07, 6.45) is 3.15. The van der Waals surface area contributed by atoms with Crippen LogP contribution in [0.5, 0.6) is 5.75 Å². The fourth-order valence-corrected chi connectivity index (χ4v) is 3.39. The lowest BCUT2D eigenvalue weighted by molar-refractivity contribution is -0.134. The van der Waals surface area contributed by atoms with Gasteiger partial charge in [0.15, 0.2) is 5.82 Å². The summed E-state index contributed by atoms with van der Waals surface area (Å²) in [4.78, 5) is 19.2. The Kier molecular flexibility index (Phi) is 5.04. The van der Waals surface area contributed by atoms with Crippen LogP contribution in [-0.4, -0.2) is 39.6 Å². The van der Waals surface area contributed by atoms with Crippen LogP contribution in [0.3, 0.4) is 0 Å². The molecule has 1 aromatic heterocycles. The van der Waals surface area contributed by atoms with Gasteiger partial charge in [0, 0.05) is 17.1 Å². The number of amides is 1. The largest absolute Gasteiger partial charge is 0.496 e. The van der Waals surface area contributed by atoms with Crippen molar-refractivity contribution in [1.29, 1.82) is 0 Å². The summed E-state index contributed by atoms with van der Waals surface area (Å²) >= 11 is 6.27. The van der Waals surface area contributed by atoms with Crippen LogP contribution in [0.15, 0.2) is 18.2 Å². The van der Waals surface area contributed by atoms with Gasteiger partial charge in [-0.2, -0.15) is 5.10 Å². The molecule has 7 heteroatoms. The molecule has 6 nitrogen and oxygen atoms in total. The standard InChI is InChI=1S/C17H21ClN4O2/c1-11-19-17(21-20-11)14-7-3-4-9-22(14)16(23)10-12-13(18)6-5-8-15(12)24-2/h5-6,8,14H,3-4,7,9-10H2,1-2H3,(H,19,20,21)/t14-/m1/s1. The molecule has 2 aromatic rings. The number of carbonyl (C=O) groups is 1. The first kappa shape index (κ1) is 16.8. The van der Waals surface area contributed by atoms with Crippen LogP contribution < -0.4 is 4.74 Å². The molecule has 0 unspecified atom stereocenters. The van der Waals surface area contributed by atoms with Gasteiger partial charge < -0.3 is 9.64 Å². The summed E-state index contributed by atoms with van der Waals surface area (Å²) < 4.78 is 5.34.